The summed E-state index contributed by atoms with van der Waals surface area (Å²) >= 11 is 5.84. The molecule has 1 fully saturated rings. The van der Waals surface area contributed by atoms with Crippen LogP contribution < -0.4 is 5.56 Å². The third-order valence-electron chi connectivity index (χ3n) is 4.15. The van der Waals surface area contributed by atoms with Gasteiger partial charge >= 0.3 is 0 Å². The Kier molecular flexibility index (Phi) is 4.52. The van der Waals surface area contributed by atoms with Crippen LogP contribution in [-0.2, 0) is 6.54 Å². The van der Waals surface area contributed by atoms with Crippen molar-refractivity contribution >= 4 is 17.5 Å². The molecule has 0 saturated carbocycles. The van der Waals surface area contributed by atoms with Gasteiger partial charge in [0.2, 0.25) is 0 Å². The standard InChI is InChI=1S/C16H19ClN4O2/c1-11-7-19-20(9-11)10-13-4-2-3-5-21(13)16(23)12-6-14(17)15(22)18-8-12/h6-9,13H,2-5,10H2,1H3,(H,18,22). The minimum atomic E-state index is -0.384. The van der Waals surface area contributed by atoms with E-state index < -0.39 is 0 Å². The second-order valence-electron chi connectivity index (χ2n) is 5.95. The normalized spacial score (nSPS) is 18.2. The molecule has 1 atom stereocenters. The van der Waals surface area contributed by atoms with Crippen LogP contribution in [0, 0.1) is 6.92 Å². The van der Waals surface area contributed by atoms with Crippen molar-refractivity contribution in [3.05, 3.63) is 51.2 Å². The molecule has 1 aliphatic rings. The zero-order chi connectivity index (χ0) is 16.4. The van der Waals surface area contributed by atoms with Gasteiger partial charge in [-0.05, 0) is 37.8 Å². The van der Waals surface area contributed by atoms with Crippen LogP contribution in [0.25, 0.3) is 0 Å². The van der Waals surface area contributed by atoms with E-state index in [0.29, 0.717) is 18.7 Å². The van der Waals surface area contributed by atoms with Gasteiger partial charge < -0.3 is 9.88 Å². The first-order valence-electron chi connectivity index (χ1n) is 7.73. The van der Waals surface area contributed by atoms with E-state index in [0.717, 1.165) is 24.8 Å². The van der Waals surface area contributed by atoms with Gasteiger partial charge in [0.05, 0.1) is 24.3 Å². The molecule has 2 aromatic heterocycles. The lowest BCUT2D eigenvalue weighted by Gasteiger charge is -2.35. The molecule has 0 radical (unpaired) electrons. The van der Waals surface area contributed by atoms with E-state index in [9.17, 15) is 9.59 Å². The van der Waals surface area contributed by atoms with E-state index in [1.807, 2.05) is 28.9 Å². The SMILES string of the molecule is Cc1cnn(CC2CCCCN2C(=O)c2c[nH]c(=O)c(Cl)c2)c1. The zero-order valence-electron chi connectivity index (χ0n) is 13.0. The highest BCUT2D eigenvalue weighted by atomic mass is 35.5. The first-order valence-corrected chi connectivity index (χ1v) is 8.10. The van der Waals surface area contributed by atoms with Crippen molar-refractivity contribution in [2.45, 2.75) is 38.8 Å². The Morgan fingerprint density at radius 1 is 1.48 bits per heavy atom. The lowest BCUT2D eigenvalue weighted by Crippen LogP contribution is -2.46. The molecule has 1 unspecified atom stereocenters. The predicted molar refractivity (Wildman–Crippen MR) is 87.7 cm³/mol. The average molecular weight is 335 g/mol. The number of carbonyl (C=O) groups excluding carboxylic acids is 1. The molecule has 23 heavy (non-hydrogen) atoms. The van der Waals surface area contributed by atoms with Gasteiger partial charge in [0, 0.05) is 18.9 Å². The third kappa shape index (κ3) is 3.47. The molecule has 0 bridgehead atoms. The Hall–Kier alpha value is -2.08. The molecule has 1 N–H and O–H groups in total. The largest absolute Gasteiger partial charge is 0.334 e. The summed E-state index contributed by atoms with van der Waals surface area (Å²) in [7, 11) is 0. The predicted octanol–water partition coefficient (Wildman–Crippen LogP) is 2.23. The van der Waals surface area contributed by atoms with Gasteiger partial charge in [-0.2, -0.15) is 5.10 Å². The molecular formula is C16H19ClN4O2. The fourth-order valence-corrected chi connectivity index (χ4v) is 3.16. The summed E-state index contributed by atoms with van der Waals surface area (Å²) in [4.78, 5) is 28.5. The molecule has 6 nitrogen and oxygen atoms in total. The molecule has 7 heteroatoms. The maximum atomic E-state index is 12.8. The number of carbonyl (C=O) groups is 1. The van der Waals surface area contributed by atoms with Gasteiger partial charge in [-0.25, -0.2) is 0 Å². The number of aromatic amines is 1. The van der Waals surface area contributed by atoms with Crippen LogP contribution in [0.15, 0.2) is 29.5 Å². The number of rotatable bonds is 3. The first-order chi connectivity index (χ1) is 11.0. The Labute approximate surface area is 139 Å². The molecule has 0 aliphatic carbocycles. The van der Waals surface area contributed by atoms with Crippen molar-refractivity contribution in [2.24, 2.45) is 0 Å². The van der Waals surface area contributed by atoms with Crippen LogP contribution in [0.3, 0.4) is 0 Å². The van der Waals surface area contributed by atoms with Crippen molar-refractivity contribution < 1.29 is 4.79 Å². The van der Waals surface area contributed by atoms with Gasteiger partial charge in [0.15, 0.2) is 0 Å². The quantitative estimate of drug-likeness (QED) is 0.935. The van der Waals surface area contributed by atoms with Gasteiger partial charge in [-0.3, -0.25) is 14.3 Å². The number of aromatic nitrogens is 3. The highest BCUT2D eigenvalue weighted by Crippen LogP contribution is 2.21. The Bertz CT molecular complexity index is 767. The third-order valence-corrected chi connectivity index (χ3v) is 4.43. The van der Waals surface area contributed by atoms with Crippen LogP contribution in [0.4, 0.5) is 0 Å². The monoisotopic (exact) mass is 334 g/mol. The van der Waals surface area contributed by atoms with E-state index in [1.54, 1.807) is 0 Å². The second kappa shape index (κ2) is 6.58. The summed E-state index contributed by atoms with van der Waals surface area (Å²) in [6.45, 7) is 3.38. The number of nitrogens with zero attached hydrogens (tertiary/aromatic N) is 3. The van der Waals surface area contributed by atoms with Crippen LogP contribution in [0.5, 0.6) is 0 Å². The van der Waals surface area contributed by atoms with Gasteiger partial charge in [0.1, 0.15) is 5.02 Å². The minimum absolute atomic E-state index is 0.0344. The average Bonchev–Trinajstić information content (AvgIpc) is 2.95. The molecule has 3 heterocycles. The maximum Gasteiger partial charge on any atom is 0.266 e. The molecule has 0 aromatic carbocycles. The zero-order valence-corrected chi connectivity index (χ0v) is 13.7. The van der Waals surface area contributed by atoms with Crippen LogP contribution in [0.2, 0.25) is 5.02 Å². The molecular weight excluding hydrogens is 316 g/mol. The Balaban J connectivity index is 1.81. The number of halogens is 1. The van der Waals surface area contributed by atoms with E-state index >= 15 is 0 Å². The highest BCUT2D eigenvalue weighted by Gasteiger charge is 2.28. The fourth-order valence-electron chi connectivity index (χ4n) is 2.99. The van der Waals surface area contributed by atoms with Crippen LogP contribution >= 0.6 is 11.6 Å². The first kappa shape index (κ1) is 15.8. The maximum absolute atomic E-state index is 12.8. The summed E-state index contributed by atoms with van der Waals surface area (Å²) in [5.74, 6) is -0.100. The molecule has 3 rings (SSSR count). The minimum Gasteiger partial charge on any atom is -0.334 e. The summed E-state index contributed by atoms with van der Waals surface area (Å²) in [5.41, 5.74) is 1.13. The second-order valence-corrected chi connectivity index (χ2v) is 6.36. The van der Waals surface area contributed by atoms with E-state index in [-0.39, 0.29) is 22.5 Å². The highest BCUT2D eigenvalue weighted by molar-refractivity contribution is 6.30. The van der Waals surface area contributed by atoms with E-state index in [2.05, 4.69) is 10.1 Å². The smallest absolute Gasteiger partial charge is 0.266 e. The summed E-state index contributed by atoms with van der Waals surface area (Å²) in [5, 5.41) is 4.35. The number of likely N-dealkylation sites (tertiary alicyclic amines) is 1. The number of hydrogen-bond donors (Lipinski definition) is 1. The van der Waals surface area contributed by atoms with E-state index in [4.69, 9.17) is 11.6 Å². The topological polar surface area (TPSA) is 71.0 Å². The lowest BCUT2D eigenvalue weighted by atomic mass is 10.0. The summed E-state index contributed by atoms with van der Waals surface area (Å²) in [6, 6.07) is 1.54. The number of hydrogen-bond acceptors (Lipinski definition) is 3. The Morgan fingerprint density at radius 3 is 3.00 bits per heavy atom. The number of aryl methyl sites for hydroxylation is 1. The summed E-state index contributed by atoms with van der Waals surface area (Å²) in [6.07, 6.45) is 8.26. The molecule has 1 aliphatic heterocycles. The summed E-state index contributed by atoms with van der Waals surface area (Å²) < 4.78 is 1.88. The van der Waals surface area contributed by atoms with Crippen LogP contribution in [0.1, 0.15) is 35.2 Å². The molecule has 1 amide bonds. The lowest BCUT2D eigenvalue weighted by molar-refractivity contribution is 0.0583. The van der Waals surface area contributed by atoms with E-state index in [1.165, 1.54) is 12.3 Å². The molecule has 2 aromatic rings. The van der Waals surface area contributed by atoms with Crippen molar-refractivity contribution in [1.82, 2.24) is 19.7 Å². The molecule has 122 valence electrons. The number of H-pyrrole nitrogens is 1. The van der Waals surface area contributed by atoms with Gasteiger partial charge in [-0.15, -0.1) is 0 Å². The van der Waals surface area contributed by atoms with Crippen molar-refractivity contribution in [3.8, 4) is 0 Å². The number of nitrogens with one attached hydrogen (secondary N) is 1. The van der Waals surface area contributed by atoms with Crippen molar-refractivity contribution in [1.29, 1.82) is 0 Å². The molecule has 0 spiro atoms. The van der Waals surface area contributed by atoms with Gasteiger partial charge in [-0.1, -0.05) is 11.6 Å². The molecule has 1 saturated heterocycles. The number of piperidine rings is 1. The van der Waals surface area contributed by atoms with Gasteiger partial charge in [0.25, 0.3) is 11.5 Å². The fraction of sp³-hybridized carbons (Fsp3) is 0.438. The number of pyridine rings is 1. The van der Waals surface area contributed by atoms with Crippen molar-refractivity contribution in [3.63, 3.8) is 0 Å². The number of amides is 1. The van der Waals surface area contributed by atoms with Crippen LogP contribution in [-0.4, -0.2) is 38.2 Å². The van der Waals surface area contributed by atoms with Crippen molar-refractivity contribution in [2.75, 3.05) is 6.54 Å². The Morgan fingerprint density at radius 2 is 2.30 bits per heavy atom.